The molecule has 8 nitrogen and oxygen atoms in total. The van der Waals surface area contributed by atoms with Gasteiger partial charge in [-0.3, -0.25) is 9.36 Å². The van der Waals surface area contributed by atoms with E-state index in [1.165, 1.54) is 36.5 Å². The molecule has 0 bridgehead atoms. The van der Waals surface area contributed by atoms with Crippen LogP contribution >= 0.6 is 23.5 Å². The van der Waals surface area contributed by atoms with Gasteiger partial charge in [-0.1, -0.05) is 38.1 Å². The summed E-state index contributed by atoms with van der Waals surface area (Å²) in [4.78, 5) is 29.9. The van der Waals surface area contributed by atoms with E-state index < -0.39 is 53.0 Å². The molecule has 1 aliphatic heterocycles. The van der Waals surface area contributed by atoms with Crippen molar-refractivity contribution in [3.63, 3.8) is 0 Å². The standard InChI is InChI=1S/C37H43F6N3O5S2/c1-35(2,18-31(48)44-30-12-15-46(34(50)45-30)33-32(49)28-17-27(28)29(19-47)51-33)14-11-26(53-21-23-5-9-25(10-6-23)37(41,42)43)13-16-52-20-22-3-7-24(8-4-22)36(38,39)40/h3-10,12,15,26-29,32-33,47,49H,11,13-14,16-21H2,1-2H3,(H,44,45,48,50)/t26?,27?,28?,29-,32?,33-/m1/s1. The van der Waals surface area contributed by atoms with Gasteiger partial charge in [0.15, 0.2) is 6.23 Å². The quantitative estimate of drug-likeness (QED) is 0.0992. The first-order chi connectivity index (χ1) is 24.9. The molecule has 1 aromatic heterocycles. The Morgan fingerprint density at radius 3 is 2.11 bits per heavy atom. The van der Waals surface area contributed by atoms with Crippen molar-refractivity contribution in [2.24, 2.45) is 17.3 Å². The first-order valence-corrected chi connectivity index (χ1v) is 19.5. The van der Waals surface area contributed by atoms with Crippen molar-refractivity contribution in [3.8, 4) is 0 Å². The summed E-state index contributed by atoms with van der Waals surface area (Å²) >= 11 is 3.19. The highest BCUT2D eigenvalue weighted by Gasteiger charge is 2.55. The zero-order chi connectivity index (χ0) is 38.6. The van der Waals surface area contributed by atoms with Gasteiger partial charge in [0.2, 0.25) is 5.91 Å². The number of nitrogens with zero attached hydrogens (tertiary/aromatic N) is 2. The molecule has 4 unspecified atom stereocenters. The summed E-state index contributed by atoms with van der Waals surface area (Å²) in [6, 6.07) is 11.6. The minimum atomic E-state index is -4.43. The van der Waals surface area contributed by atoms with Crippen molar-refractivity contribution in [1.82, 2.24) is 9.55 Å². The summed E-state index contributed by atoms with van der Waals surface area (Å²) in [5.41, 5.74) is -1.10. The van der Waals surface area contributed by atoms with Crippen LogP contribution in [0.4, 0.5) is 32.2 Å². The SMILES string of the molecule is CC(C)(CCC(CCSCc1ccc(C(F)(F)F)cc1)SCc1ccc(C(F)(F)F)cc1)CC(=O)Nc1ccn([C@@H]2O[C@H](CO)C3CC3C2O)c(=O)n1. The van der Waals surface area contributed by atoms with E-state index in [0.717, 1.165) is 46.4 Å². The molecule has 2 aromatic carbocycles. The lowest BCUT2D eigenvalue weighted by Crippen LogP contribution is -2.43. The molecular weight excluding hydrogens is 745 g/mol. The molecule has 16 heteroatoms. The Balaban J connectivity index is 1.14. The largest absolute Gasteiger partial charge is 0.416 e. The van der Waals surface area contributed by atoms with E-state index in [4.69, 9.17) is 4.74 Å². The van der Waals surface area contributed by atoms with Crippen LogP contribution in [-0.4, -0.2) is 55.5 Å². The summed E-state index contributed by atoms with van der Waals surface area (Å²) < 4.78 is 84.9. The molecule has 1 amide bonds. The number of anilines is 1. The summed E-state index contributed by atoms with van der Waals surface area (Å²) in [7, 11) is 0. The first-order valence-electron chi connectivity index (χ1n) is 17.3. The Morgan fingerprint density at radius 2 is 1.55 bits per heavy atom. The molecule has 2 heterocycles. The summed E-state index contributed by atoms with van der Waals surface area (Å²) in [5.74, 6) is 1.41. The van der Waals surface area contributed by atoms with Crippen LogP contribution in [0.1, 0.15) is 74.4 Å². The predicted octanol–water partition coefficient (Wildman–Crippen LogP) is 7.93. The van der Waals surface area contributed by atoms with Crippen molar-refractivity contribution in [2.75, 3.05) is 17.7 Å². The van der Waals surface area contributed by atoms with Gasteiger partial charge in [0, 0.05) is 29.4 Å². The Kier molecular flexibility index (Phi) is 13.3. The Labute approximate surface area is 312 Å². The van der Waals surface area contributed by atoms with E-state index in [1.54, 1.807) is 23.5 Å². The van der Waals surface area contributed by atoms with Crippen LogP contribution in [0.25, 0.3) is 0 Å². The topological polar surface area (TPSA) is 114 Å². The zero-order valence-corrected chi connectivity index (χ0v) is 30.8. The van der Waals surface area contributed by atoms with Gasteiger partial charge in [-0.05, 0) is 90.1 Å². The van der Waals surface area contributed by atoms with Gasteiger partial charge in [-0.25, -0.2) is 4.79 Å². The number of alkyl halides is 6. The van der Waals surface area contributed by atoms with Gasteiger partial charge < -0.3 is 20.3 Å². The fourth-order valence-electron chi connectivity index (χ4n) is 6.48. The number of hydrogen-bond acceptors (Lipinski definition) is 8. The highest BCUT2D eigenvalue weighted by Crippen LogP contribution is 2.52. The minimum Gasteiger partial charge on any atom is -0.394 e. The van der Waals surface area contributed by atoms with Crippen LogP contribution in [-0.2, 0) is 33.4 Å². The second-order valence-electron chi connectivity index (χ2n) is 14.4. The molecular formula is C37H43F6N3O5S2. The van der Waals surface area contributed by atoms with E-state index in [9.17, 15) is 46.1 Å². The van der Waals surface area contributed by atoms with Crippen LogP contribution < -0.4 is 11.0 Å². The molecule has 3 aromatic rings. The number of thioether (sulfide) groups is 2. The number of carbonyl (C=O) groups is 1. The third-order valence-corrected chi connectivity index (χ3v) is 12.2. The fourth-order valence-corrected chi connectivity index (χ4v) is 8.85. The average Bonchev–Trinajstić information content (AvgIpc) is 3.89. The summed E-state index contributed by atoms with van der Waals surface area (Å²) in [5, 5.41) is 23.0. The molecule has 3 N–H and O–H groups in total. The third kappa shape index (κ3) is 11.5. The fraction of sp³-hybridized carbons (Fsp3) is 0.541. The number of halogens is 6. The smallest absolute Gasteiger partial charge is 0.394 e. The maximum atomic E-state index is 13.1. The Bertz CT molecular complexity index is 1740. The van der Waals surface area contributed by atoms with Crippen LogP contribution in [0.5, 0.6) is 0 Å². The van der Waals surface area contributed by atoms with Crippen molar-refractivity contribution >= 4 is 35.2 Å². The maximum absolute atomic E-state index is 13.1. The van der Waals surface area contributed by atoms with Gasteiger partial charge in [0.1, 0.15) is 11.9 Å². The Hall–Kier alpha value is -3.05. The zero-order valence-electron chi connectivity index (χ0n) is 29.2. The molecule has 1 saturated carbocycles. The summed E-state index contributed by atoms with van der Waals surface area (Å²) in [6.45, 7) is 3.67. The highest BCUT2D eigenvalue weighted by atomic mass is 32.2. The molecule has 6 atom stereocenters. The van der Waals surface area contributed by atoms with E-state index >= 15 is 0 Å². The van der Waals surface area contributed by atoms with Crippen LogP contribution in [0.3, 0.4) is 0 Å². The molecule has 2 aliphatic rings. The second kappa shape index (κ2) is 17.2. The number of benzene rings is 2. The van der Waals surface area contributed by atoms with Gasteiger partial charge in [-0.15, -0.1) is 0 Å². The van der Waals surface area contributed by atoms with Gasteiger partial charge >= 0.3 is 18.0 Å². The van der Waals surface area contributed by atoms with E-state index in [2.05, 4.69) is 10.3 Å². The number of aliphatic hydroxyl groups is 2. The average molecular weight is 788 g/mol. The molecule has 2 fully saturated rings. The number of hydrogen-bond donors (Lipinski definition) is 3. The lowest BCUT2D eigenvalue weighted by atomic mass is 9.83. The second-order valence-corrected chi connectivity index (χ2v) is 16.8. The molecule has 53 heavy (non-hydrogen) atoms. The number of amides is 1. The van der Waals surface area contributed by atoms with Crippen molar-refractivity contribution in [2.45, 2.75) is 93.5 Å². The maximum Gasteiger partial charge on any atom is 0.416 e. The number of nitrogens with one attached hydrogen (secondary N) is 1. The molecule has 0 spiro atoms. The molecule has 1 aliphatic carbocycles. The number of rotatable bonds is 16. The first kappa shape index (κ1) is 41.1. The van der Waals surface area contributed by atoms with Crippen molar-refractivity contribution < 1.29 is 46.1 Å². The molecule has 1 saturated heterocycles. The van der Waals surface area contributed by atoms with Crippen molar-refractivity contribution in [3.05, 3.63) is 93.5 Å². The predicted molar refractivity (Wildman–Crippen MR) is 192 cm³/mol. The normalized spacial score (nSPS) is 22.3. The van der Waals surface area contributed by atoms with Gasteiger partial charge in [-0.2, -0.15) is 54.9 Å². The van der Waals surface area contributed by atoms with Crippen LogP contribution in [0.15, 0.2) is 65.6 Å². The number of aromatic nitrogens is 2. The monoisotopic (exact) mass is 787 g/mol. The van der Waals surface area contributed by atoms with Crippen LogP contribution in [0, 0.1) is 17.3 Å². The minimum absolute atomic E-state index is 0.0513. The number of aliphatic hydroxyl groups excluding tert-OH is 2. The number of carbonyl (C=O) groups excluding carboxylic acids is 1. The highest BCUT2D eigenvalue weighted by molar-refractivity contribution is 7.99. The Morgan fingerprint density at radius 1 is 0.943 bits per heavy atom. The van der Waals surface area contributed by atoms with Gasteiger partial charge in [0.05, 0.1) is 23.8 Å². The van der Waals surface area contributed by atoms with Gasteiger partial charge in [0.25, 0.3) is 0 Å². The summed E-state index contributed by atoms with van der Waals surface area (Å²) in [6.07, 6.45) is -6.93. The van der Waals surface area contributed by atoms with E-state index in [0.29, 0.717) is 36.5 Å². The van der Waals surface area contributed by atoms with E-state index in [-0.39, 0.29) is 41.8 Å². The molecule has 290 valence electrons. The molecule has 5 rings (SSSR count). The third-order valence-electron chi connectivity index (χ3n) is 9.65. The lowest BCUT2D eigenvalue weighted by Gasteiger charge is -2.33. The van der Waals surface area contributed by atoms with Crippen LogP contribution in [0.2, 0.25) is 0 Å². The number of ether oxygens (including phenoxy) is 1. The van der Waals surface area contributed by atoms with E-state index in [1.807, 2.05) is 13.8 Å². The lowest BCUT2D eigenvalue weighted by molar-refractivity contribution is -0.171. The van der Waals surface area contributed by atoms with Crippen molar-refractivity contribution in [1.29, 1.82) is 0 Å². The number of fused-ring (bicyclic) bond motifs is 1. The molecule has 0 radical (unpaired) electrons.